The van der Waals surface area contributed by atoms with E-state index in [4.69, 9.17) is 10.2 Å². The normalized spacial score (nSPS) is 12.7. The molecule has 0 saturated heterocycles. The molecule has 2 N–H and O–H groups in total. The van der Waals surface area contributed by atoms with Crippen LogP contribution in [0.2, 0.25) is 0 Å². The summed E-state index contributed by atoms with van der Waals surface area (Å²) >= 11 is 0. The molecule has 1 atom stereocenters. The molecule has 0 saturated carbocycles. The third kappa shape index (κ3) is 2.69. The largest absolute Gasteiger partial charge is 0.423 e. The molecule has 4 nitrogen and oxygen atoms in total. The summed E-state index contributed by atoms with van der Waals surface area (Å²) in [5.41, 5.74) is 11.3. The first-order valence-corrected chi connectivity index (χ1v) is 8.32. The van der Waals surface area contributed by atoms with Crippen molar-refractivity contribution in [3.05, 3.63) is 47.5 Å². The van der Waals surface area contributed by atoms with Gasteiger partial charge in [-0.3, -0.25) is 4.21 Å². The SMILES string of the molecule is Cc1cc(-c2cccc3nc(N)oc23)ccc1CS(C)=O. The van der Waals surface area contributed by atoms with Gasteiger partial charge in [-0.05, 0) is 29.7 Å². The van der Waals surface area contributed by atoms with Gasteiger partial charge in [0.15, 0.2) is 5.58 Å². The molecule has 1 aromatic heterocycles. The van der Waals surface area contributed by atoms with Crippen LogP contribution in [-0.2, 0) is 16.6 Å². The zero-order valence-electron chi connectivity index (χ0n) is 11.9. The van der Waals surface area contributed by atoms with Crippen LogP contribution in [0.1, 0.15) is 11.1 Å². The summed E-state index contributed by atoms with van der Waals surface area (Å²) in [7, 11) is -0.842. The van der Waals surface area contributed by atoms with Crippen LogP contribution in [0.15, 0.2) is 40.8 Å². The number of fused-ring (bicyclic) bond motifs is 1. The molecule has 0 spiro atoms. The third-order valence-electron chi connectivity index (χ3n) is 3.44. The van der Waals surface area contributed by atoms with E-state index in [0.29, 0.717) is 11.3 Å². The summed E-state index contributed by atoms with van der Waals surface area (Å²) in [6.45, 7) is 2.03. The number of para-hydroxylation sites is 1. The smallest absolute Gasteiger partial charge is 0.293 e. The van der Waals surface area contributed by atoms with E-state index in [1.54, 1.807) is 6.26 Å². The lowest BCUT2D eigenvalue weighted by molar-refractivity contribution is 0.627. The van der Waals surface area contributed by atoms with Gasteiger partial charge in [0.2, 0.25) is 0 Å². The second kappa shape index (κ2) is 5.33. The first-order valence-electron chi connectivity index (χ1n) is 6.59. The van der Waals surface area contributed by atoms with Crippen molar-refractivity contribution < 1.29 is 8.63 Å². The maximum Gasteiger partial charge on any atom is 0.293 e. The Bertz CT molecular complexity index is 839. The minimum atomic E-state index is -0.842. The molecule has 1 unspecified atom stereocenters. The summed E-state index contributed by atoms with van der Waals surface area (Å²) in [6.07, 6.45) is 1.71. The second-order valence-corrected chi connectivity index (χ2v) is 6.50. The quantitative estimate of drug-likeness (QED) is 0.806. The lowest BCUT2D eigenvalue weighted by Crippen LogP contribution is -1.95. The Morgan fingerprint density at radius 3 is 2.81 bits per heavy atom. The number of rotatable bonds is 3. The molecule has 0 aliphatic heterocycles. The Kier molecular flexibility index (Phi) is 3.51. The minimum absolute atomic E-state index is 0.173. The highest BCUT2D eigenvalue weighted by Crippen LogP contribution is 2.31. The average molecular weight is 300 g/mol. The van der Waals surface area contributed by atoms with Crippen molar-refractivity contribution >= 4 is 27.9 Å². The molecule has 5 heteroatoms. The van der Waals surface area contributed by atoms with E-state index in [9.17, 15) is 4.21 Å². The maximum atomic E-state index is 11.4. The van der Waals surface area contributed by atoms with Crippen LogP contribution in [0.4, 0.5) is 6.01 Å². The van der Waals surface area contributed by atoms with Crippen molar-refractivity contribution in [1.82, 2.24) is 4.98 Å². The first kappa shape index (κ1) is 13.8. The van der Waals surface area contributed by atoms with Crippen molar-refractivity contribution in [2.45, 2.75) is 12.7 Å². The van der Waals surface area contributed by atoms with E-state index in [1.165, 1.54) is 0 Å². The molecule has 0 aliphatic carbocycles. The molecule has 108 valence electrons. The summed E-state index contributed by atoms with van der Waals surface area (Å²) < 4.78 is 16.9. The molecule has 0 amide bonds. The number of nitrogens with zero attached hydrogens (tertiary/aromatic N) is 1. The zero-order chi connectivity index (χ0) is 15.0. The van der Waals surface area contributed by atoms with Crippen molar-refractivity contribution in [2.75, 3.05) is 12.0 Å². The van der Waals surface area contributed by atoms with E-state index in [0.717, 1.165) is 27.8 Å². The van der Waals surface area contributed by atoms with Gasteiger partial charge in [0.25, 0.3) is 6.01 Å². The predicted molar refractivity (Wildman–Crippen MR) is 86.4 cm³/mol. The monoisotopic (exact) mass is 300 g/mol. The van der Waals surface area contributed by atoms with Crippen LogP contribution in [0.5, 0.6) is 0 Å². The number of aromatic nitrogens is 1. The number of nitrogen functional groups attached to an aromatic ring is 1. The summed E-state index contributed by atoms with van der Waals surface area (Å²) in [5, 5.41) is 0. The molecular weight excluding hydrogens is 284 g/mol. The number of hydrogen-bond acceptors (Lipinski definition) is 4. The highest BCUT2D eigenvalue weighted by Gasteiger charge is 2.11. The fourth-order valence-electron chi connectivity index (χ4n) is 2.44. The maximum absolute atomic E-state index is 11.4. The van der Waals surface area contributed by atoms with Gasteiger partial charge in [0.1, 0.15) is 5.52 Å². The van der Waals surface area contributed by atoms with Crippen LogP contribution in [0.3, 0.4) is 0 Å². The number of hydrogen-bond donors (Lipinski definition) is 1. The Balaban J connectivity index is 2.10. The Labute approximate surface area is 125 Å². The summed E-state index contributed by atoms with van der Waals surface area (Å²) in [4.78, 5) is 4.15. The second-order valence-electron chi connectivity index (χ2n) is 5.06. The van der Waals surface area contributed by atoms with E-state index < -0.39 is 10.8 Å². The Morgan fingerprint density at radius 2 is 2.10 bits per heavy atom. The average Bonchev–Trinajstić information content (AvgIpc) is 2.80. The van der Waals surface area contributed by atoms with E-state index in [1.807, 2.05) is 37.3 Å². The van der Waals surface area contributed by atoms with Crippen LogP contribution in [-0.4, -0.2) is 15.4 Å². The molecule has 3 aromatic rings. The number of oxazole rings is 1. The lowest BCUT2D eigenvalue weighted by Gasteiger charge is -2.08. The lowest BCUT2D eigenvalue weighted by atomic mass is 10.00. The molecule has 0 bridgehead atoms. The minimum Gasteiger partial charge on any atom is -0.423 e. The molecule has 0 aliphatic rings. The van der Waals surface area contributed by atoms with Crippen molar-refractivity contribution in [1.29, 1.82) is 0 Å². The van der Waals surface area contributed by atoms with Crippen LogP contribution in [0, 0.1) is 6.92 Å². The number of anilines is 1. The topological polar surface area (TPSA) is 69.1 Å². The fourth-order valence-corrected chi connectivity index (χ4v) is 3.20. The van der Waals surface area contributed by atoms with Gasteiger partial charge in [-0.15, -0.1) is 0 Å². The van der Waals surface area contributed by atoms with Crippen molar-refractivity contribution in [3.8, 4) is 11.1 Å². The molecule has 2 aromatic carbocycles. The molecule has 0 radical (unpaired) electrons. The van der Waals surface area contributed by atoms with E-state index in [2.05, 4.69) is 11.1 Å². The zero-order valence-corrected chi connectivity index (χ0v) is 12.7. The van der Waals surface area contributed by atoms with Crippen LogP contribution >= 0.6 is 0 Å². The molecule has 21 heavy (non-hydrogen) atoms. The van der Waals surface area contributed by atoms with Crippen LogP contribution in [0.25, 0.3) is 22.2 Å². The number of aryl methyl sites for hydroxylation is 1. The number of benzene rings is 2. The third-order valence-corrected chi connectivity index (χ3v) is 4.16. The van der Waals surface area contributed by atoms with Crippen molar-refractivity contribution in [3.63, 3.8) is 0 Å². The van der Waals surface area contributed by atoms with E-state index >= 15 is 0 Å². The standard InChI is InChI=1S/C16H16N2O2S/c1-10-8-11(6-7-12(10)9-21(2)19)13-4-3-5-14-15(13)20-16(17)18-14/h3-8H,9H2,1-2H3,(H2,17,18). The Morgan fingerprint density at radius 1 is 1.29 bits per heavy atom. The van der Waals surface area contributed by atoms with Gasteiger partial charge < -0.3 is 10.2 Å². The molecule has 0 fully saturated rings. The van der Waals surface area contributed by atoms with Crippen molar-refractivity contribution in [2.24, 2.45) is 0 Å². The van der Waals surface area contributed by atoms with Gasteiger partial charge in [-0.25, -0.2) is 0 Å². The summed E-state index contributed by atoms with van der Waals surface area (Å²) in [5.74, 6) is 0.575. The van der Waals surface area contributed by atoms with Gasteiger partial charge in [0.05, 0.1) is 0 Å². The molecule has 3 rings (SSSR count). The molecule has 1 heterocycles. The van der Waals surface area contributed by atoms with Gasteiger partial charge in [-0.1, -0.05) is 30.3 Å². The van der Waals surface area contributed by atoms with E-state index in [-0.39, 0.29) is 6.01 Å². The first-order chi connectivity index (χ1) is 10.0. The predicted octanol–water partition coefficient (Wildman–Crippen LogP) is 3.26. The van der Waals surface area contributed by atoms with Gasteiger partial charge in [-0.2, -0.15) is 4.98 Å². The Hall–Kier alpha value is -2.14. The highest BCUT2D eigenvalue weighted by molar-refractivity contribution is 7.83. The number of nitrogens with two attached hydrogens (primary N) is 1. The van der Waals surface area contributed by atoms with Gasteiger partial charge >= 0.3 is 0 Å². The molecular formula is C16H16N2O2S. The van der Waals surface area contributed by atoms with Gasteiger partial charge in [0, 0.05) is 28.4 Å². The van der Waals surface area contributed by atoms with Crippen LogP contribution < -0.4 is 5.73 Å². The highest BCUT2D eigenvalue weighted by atomic mass is 32.2. The summed E-state index contributed by atoms with van der Waals surface area (Å²) in [6, 6.07) is 12.1. The fraction of sp³-hybridized carbons (Fsp3) is 0.188.